The van der Waals surface area contributed by atoms with Gasteiger partial charge in [-0.1, -0.05) is 30.3 Å². The van der Waals surface area contributed by atoms with E-state index in [0.29, 0.717) is 0 Å². The fourth-order valence-corrected chi connectivity index (χ4v) is 4.19. The minimum atomic E-state index is -1.21. The summed E-state index contributed by atoms with van der Waals surface area (Å²) in [5.41, 5.74) is -0.0902. The van der Waals surface area contributed by atoms with Crippen molar-refractivity contribution in [1.29, 1.82) is 0 Å². The first kappa shape index (κ1) is 28.3. The lowest BCUT2D eigenvalue weighted by Gasteiger charge is -2.31. The van der Waals surface area contributed by atoms with Crippen molar-refractivity contribution >= 4 is 35.4 Å². The van der Waals surface area contributed by atoms with Gasteiger partial charge in [-0.15, -0.1) is 0 Å². The van der Waals surface area contributed by atoms with Crippen molar-refractivity contribution in [3.8, 4) is 0 Å². The SMILES string of the molecule is CC(=O)N/C=C/C(=O)NCC1NC(=O)C(Cc2ccccc2)NC(=O)CN2C(=O)C(CNC1=O)NC2(C)C. The van der Waals surface area contributed by atoms with E-state index in [1.807, 2.05) is 6.07 Å². The Morgan fingerprint density at radius 3 is 2.45 bits per heavy atom. The quantitative estimate of drug-likeness (QED) is 0.224. The summed E-state index contributed by atoms with van der Waals surface area (Å²) < 4.78 is 0. The number of carbonyl (C=O) groups is 6. The van der Waals surface area contributed by atoms with Crippen molar-refractivity contribution in [3.05, 3.63) is 48.2 Å². The maximum Gasteiger partial charge on any atom is 0.245 e. The molecule has 1 aromatic carbocycles. The van der Waals surface area contributed by atoms with Crippen LogP contribution in [0, 0.1) is 0 Å². The molecule has 3 atom stereocenters. The van der Waals surface area contributed by atoms with E-state index in [0.717, 1.165) is 17.8 Å². The van der Waals surface area contributed by atoms with Gasteiger partial charge in [0.2, 0.25) is 35.4 Å². The van der Waals surface area contributed by atoms with Gasteiger partial charge in [-0.3, -0.25) is 34.1 Å². The second-order valence-electron chi connectivity index (χ2n) is 9.58. The van der Waals surface area contributed by atoms with Crippen LogP contribution < -0.4 is 31.9 Å². The highest BCUT2D eigenvalue weighted by Gasteiger charge is 2.45. The lowest BCUT2D eigenvalue weighted by atomic mass is 10.0. The van der Waals surface area contributed by atoms with Crippen LogP contribution in [-0.4, -0.2) is 83.8 Å². The lowest BCUT2D eigenvalue weighted by Crippen LogP contribution is -2.59. The predicted octanol–water partition coefficient (Wildman–Crippen LogP) is -2.37. The van der Waals surface area contributed by atoms with Gasteiger partial charge in [-0.2, -0.15) is 0 Å². The Balaban J connectivity index is 1.84. The van der Waals surface area contributed by atoms with E-state index >= 15 is 0 Å². The number of carbonyl (C=O) groups excluding carboxylic acids is 6. The first-order valence-electron chi connectivity index (χ1n) is 12.2. The number of fused-ring (bicyclic) bond motifs is 2. The smallest absolute Gasteiger partial charge is 0.245 e. The van der Waals surface area contributed by atoms with Gasteiger partial charge in [0.15, 0.2) is 0 Å². The molecule has 6 N–H and O–H groups in total. The summed E-state index contributed by atoms with van der Waals surface area (Å²) in [6.07, 6.45) is 2.35. The maximum absolute atomic E-state index is 13.3. The number of hydrogen-bond donors (Lipinski definition) is 6. The Morgan fingerprint density at radius 2 is 1.76 bits per heavy atom. The third-order valence-electron chi connectivity index (χ3n) is 6.12. The molecule has 3 rings (SSSR count). The summed E-state index contributed by atoms with van der Waals surface area (Å²) >= 11 is 0. The van der Waals surface area contributed by atoms with Crippen LogP contribution in [0.5, 0.6) is 0 Å². The summed E-state index contributed by atoms with van der Waals surface area (Å²) in [5.74, 6) is -3.12. The molecule has 0 spiro atoms. The van der Waals surface area contributed by atoms with E-state index in [9.17, 15) is 28.8 Å². The van der Waals surface area contributed by atoms with E-state index in [2.05, 4.69) is 31.9 Å². The molecule has 2 fully saturated rings. The third kappa shape index (κ3) is 7.62. The minimum absolute atomic E-state index is 0.0879. The second-order valence-corrected chi connectivity index (χ2v) is 9.58. The first-order valence-corrected chi connectivity index (χ1v) is 12.2. The first-order chi connectivity index (χ1) is 18.0. The van der Waals surface area contributed by atoms with Gasteiger partial charge in [0.1, 0.15) is 24.7 Å². The van der Waals surface area contributed by atoms with Crippen LogP contribution in [0.4, 0.5) is 0 Å². The normalized spacial score (nSPS) is 23.9. The molecule has 13 nitrogen and oxygen atoms in total. The van der Waals surface area contributed by atoms with Gasteiger partial charge in [0.05, 0.1) is 5.66 Å². The zero-order valence-electron chi connectivity index (χ0n) is 21.5. The molecule has 2 saturated heterocycles. The molecule has 0 aliphatic carbocycles. The fourth-order valence-electron chi connectivity index (χ4n) is 4.19. The monoisotopic (exact) mass is 527 g/mol. The van der Waals surface area contributed by atoms with Crippen molar-refractivity contribution in [2.45, 2.75) is 51.0 Å². The largest absolute Gasteiger partial charge is 0.352 e. The summed E-state index contributed by atoms with van der Waals surface area (Å²) in [4.78, 5) is 76.8. The van der Waals surface area contributed by atoms with E-state index in [-0.39, 0.29) is 37.9 Å². The third-order valence-corrected chi connectivity index (χ3v) is 6.12. The van der Waals surface area contributed by atoms with Crippen LogP contribution in [0.25, 0.3) is 0 Å². The number of nitrogens with zero attached hydrogens (tertiary/aromatic N) is 1. The van der Waals surface area contributed by atoms with Crippen LogP contribution in [-0.2, 0) is 35.2 Å². The molecule has 0 saturated carbocycles. The minimum Gasteiger partial charge on any atom is -0.352 e. The van der Waals surface area contributed by atoms with Crippen molar-refractivity contribution < 1.29 is 28.8 Å². The van der Waals surface area contributed by atoms with E-state index in [4.69, 9.17) is 0 Å². The molecule has 2 bridgehead atoms. The van der Waals surface area contributed by atoms with E-state index in [1.165, 1.54) is 11.8 Å². The highest BCUT2D eigenvalue weighted by molar-refractivity contribution is 5.96. The molecule has 13 heteroatoms. The predicted molar refractivity (Wildman–Crippen MR) is 136 cm³/mol. The summed E-state index contributed by atoms with van der Waals surface area (Å²) in [5, 5.41) is 15.9. The number of hydrogen-bond acceptors (Lipinski definition) is 7. The zero-order chi connectivity index (χ0) is 27.9. The second kappa shape index (κ2) is 12.3. The molecule has 0 aromatic heterocycles. The van der Waals surface area contributed by atoms with Gasteiger partial charge in [-0.25, -0.2) is 0 Å². The van der Waals surface area contributed by atoms with Gasteiger partial charge in [0.25, 0.3) is 0 Å². The van der Waals surface area contributed by atoms with Crippen LogP contribution in [0.15, 0.2) is 42.6 Å². The summed E-state index contributed by atoms with van der Waals surface area (Å²) in [6, 6.07) is 5.97. The Morgan fingerprint density at radius 1 is 1.05 bits per heavy atom. The van der Waals surface area contributed by atoms with Crippen molar-refractivity contribution in [2.24, 2.45) is 0 Å². The molecule has 2 aliphatic heterocycles. The number of nitrogens with one attached hydrogen (secondary N) is 6. The molecule has 1 aromatic rings. The van der Waals surface area contributed by atoms with Gasteiger partial charge in [-0.05, 0) is 19.4 Å². The molecule has 2 heterocycles. The Kier molecular flexibility index (Phi) is 9.18. The highest BCUT2D eigenvalue weighted by Crippen LogP contribution is 2.20. The molecular weight excluding hydrogens is 494 g/mol. The number of benzene rings is 1. The molecular formula is C25H33N7O6. The maximum atomic E-state index is 13.3. The van der Waals surface area contributed by atoms with Gasteiger partial charge in [0, 0.05) is 38.7 Å². The van der Waals surface area contributed by atoms with E-state index in [1.54, 1.807) is 38.1 Å². The van der Waals surface area contributed by atoms with Crippen molar-refractivity contribution in [3.63, 3.8) is 0 Å². The molecule has 3 unspecified atom stereocenters. The Bertz CT molecular complexity index is 1120. The molecule has 2 aliphatic rings. The standard InChI is InChI=1S/C25H33N7O6/c1-15(33)26-10-9-20(34)27-12-18-22(36)28-13-19-24(38)32(25(2,3)31-19)14-21(35)29-17(23(37)30-18)11-16-7-5-4-6-8-16/h4-10,17-19,31H,11-14H2,1-3H3,(H,26,33)(H,27,34)(H,28,36)(H,29,35)(H,30,37)/b10-9+. The van der Waals surface area contributed by atoms with Gasteiger partial charge < -0.3 is 31.5 Å². The lowest BCUT2D eigenvalue weighted by molar-refractivity contribution is -0.137. The molecule has 6 amide bonds. The zero-order valence-corrected chi connectivity index (χ0v) is 21.5. The molecule has 204 valence electrons. The average molecular weight is 528 g/mol. The Labute approximate surface area is 220 Å². The van der Waals surface area contributed by atoms with Crippen LogP contribution in [0.1, 0.15) is 26.3 Å². The van der Waals surface area contributed by atoms with E-state index < -0.39 is 47.4 Å². The number of rotatable bonds is 6. The average Bonchev–Trinajstić information content (AvgIpc) is 3.07. The summed E-state index contributed by atoms with van der Waals surface area (Å²) in [6.45, 7) is 4.12. The van der Waals surface area contributed by atoms with Crippen LogP contribution in [0.3, 0.4) is 0 Å². The fraction of sp³-hybridized carbons (Fsp3) is 0.440. The topological polar surface area (TPSA) is 178 Å². The summed E-state index contributed by atoms with van der Waals surface area (Å²) in [7, 11) is 0. The molecule has 38 heavy (non-hydrogen) atoms. The highest BCUT2D eigenvalue weighted by atomic mass is 16.2. The van der Waals surface area contributed by atoms with Gasteiger partial charge >= 0.3 is 0 Å². The Hall–Kier alpha value is -4.26. The van der Waals surface area contributed by atoms with Crippen LogP contribution >= 0.6 is 0 Å². The van der Waals surface area contributed by atoms with Crippen molar-refractivity contribution in [2.75, 3.05) is 19.6 Å². The van der Waals surface area contributed by atoms with Crippen LogP contribution in [0.2, 0.25) is 0 Å². The van der Waals surface area contributed by atoms with Crippen molar-refractivity contribution in [1.82, 2.24) is 36.8 Å². The molecule has 0 radical (unpaired) electrons. The number of amides is 6.